The van der Waals surface area contributed by atoms with Crippen LogP contribution >= 0.6 is 0 Å². The number of nitrogens with zero attached hydrogens (tertiary/aromatic N) is 2. The summed E-state index contributed by atoms with van der Waals surface area (Å²) in [6.07, 6.45) is 3.50. The van der Waals surface area contributed by atoms with E-state index in [9.17, 15) is 9.59 Å². The van der Waals surface area contributed by atoms with Crippen LogP contribution in [0.5, 0.6) is 5.75 Å². The van der Waals surface area contributed by atoms with Crippen molar-refractivity contribution in [3.63, 3.8) is 0 Å². The molecule has 0 saturated heterocycles. The quantitative estimate of drug-likeness (QED) is 0.645. The molecule has 2 aromatic carbocycles. The van der Waals surface area contributed by atoms with Crippen LogP contribution in [0.15, 0.2) is 60.9 Å². The lowest BCUT2D eigenvalue weighted by molar-refractivity contribution is -0.129. The number of carbonyl (C=O) groups excluding carboxylic acids is 2. The molecule has 0 aliphatic carbocycles. The molecule has 0 atom stereocenters. The molecule has 0 aliphatic heterocycles. The fourth-order valence-electron chi connectivity index (χ4n) is 2.53. The van der Waals surface area contributed by atoms with Gasteiger partial charge in [0.2, 0.25) is 5.91 Å². The Bertz CT molecular complexity index is 967. The van der Waals surface area contributed by atoms with Crippen LogP contribution in [0.25, 0.3) is 5.69 Å². The van der Waals surface area contributed by atoms with Gasteiger partial charge in [-0.2, -0.15) is 5.10 Å². The van der Waals surface area contributed by atoms with E-state index in [-0.39, 0.29) is 18.9 Å². The number of nitrogens with one attached hydrogen (secondary N) is 2. The molecule has 0 aliphatic rings. The van der Waals surface area contributed by atoms with E-state index in [0.717, 1.165) is 22.4 Å². The van der Waals surface area contributed by atoms with Gasteiger partial charge in [-0.15, -0.1) is 0 Å². The van der Waals surface area contributed by atoms with Crippen LogP contribution in [0.4, 0.5) is 0 Å². The monoisotopic (exact) mass is 378 g/mol. The Morgan fingerprint density at radius 1 is 1.00 bits per heavy atom. The maximum Gasteiger partial charge on any atom is 0.276 e. The summed E-state index contributed by atoms with van der Waals surface area (Å²) in [5, 5.41) is 4.24. The molecule has 7 heteroatoms. The van der Waals surface area contributed by atoms with Gasteiger partial charge in [0.15, 0.2) is 6.61 Å². The van der Waals surface area contributed by atoms with E-state index in [1.807, 2.05) is 56.3 Å². The maximum atomic E-state index is 12.0. The third-order valence-electron chi connectivity index (χ3n) is 4.21. The molecule has 3 aromatic rings. The predicted molar refractivity (Wildman–Crippen MR) is 105 cm³/mol. The highest BCUT2D eigenvalue weighted by molar-refractivity contribution is 5.83. The molecule has 1 heterocycles. The van der Waals surface area contributed by atoms with Crippen molar-refractivity contribution in [1.82, 2.24) is 20.6 Å². The Morgan fingerprint density at radius 2 is 1.75 bits per heavy atom. The summed E-state index contributed by atoms with van der Waals surface area (Å²) in [5.74, 6) is -0.170. The Hall–Kier alpha value is -3.61. The van der Waals surface area contributed by atoms with Crippen molar-refractivity contribution < 1.29 is 14.3 Å². The highest BCUT2D eigenvalue weighted by atomic mass is 16.5. The van der Waals surface area contributed by atoms with Gasteiger partial charge in [-0.1, -0.05) is 24.3 Å². The van der Waals surface area contributed by atoms with Crippen molar-refractivity contribution in [3.8, 4) is 11.4 Å². The minimum Gasteiger partial charge on any atom is -0.484 e. The van der Waals surface area contributed by atoms with Gasteiger partial charge in [-0.3, -0.25) is 20.4 Å². The summed E-state index contributed by atoms with van der Waals surface area (Å²) in [5.41, 5.74) is 8.61. The molecule has 0 unspecified atom stereocenters. The second-order valence-corrected chi connectivity index (χ2v) is 6.44. The molecule has 1 aromatic heterocycles. The fourth-order valence-corrected chi connectivity index (χ4v) is 2.53. The smallest absolute Gasteiger partial charge is 0.276 e. The molecule has 0 spiro atoms. The Kier molecular flexibility index (Phi) is 6.06. The predicted octanol–water partition coefficient (Wildman–Crippen LogP) is 2.26. The first-order valence-corrected chi connectivity index (χ1v) is 8.88. The summed E-state index contributed by atoms with van der Waals surface area (Å²) in [6, 6.07) is 15.2. The number of aromatic nitrogens is 2. The van der Waals surface area contributed by atoms with Gasteiger partial charge in [0.1, 0.15) is 5.75 Å². The highest BCUT2D eigenvalue weighted by Gasteiger charge is 2.09. The molecule has 0 radical (unpaired) electrons. The van der Waals surface area contributed by atoms with Crippen LogP contribution in [0.1, 0.15) is 16.7 Å². The van der Waals surface area contributed by atoms with Crippen LogP contribution in [-0.4, -0.2) is 28.2 Å². The molecular weight excluding hydrogens is 356 g/mol. The number of hydrogen-bond acceptors (Lipinski definition) is 4. The van der Waals surface area contributed by atoms with Gasteiger partial charge in [-0.25, -0.2) is 4.68 Å². The van der Waals surface area contributed by atoms with E-state index < -0.39 is 5.91 Å². The average Bonchev–Trinajstić information content (AvgIpc) is 3.16. The Balaban J connectivity index is 1.43. The summed E-state index contributed by atoms with van der Waals surface area (Å²) >= 11 is 0. The fraction of sp³-hybridized carbons (Fsp3) is 0.190. The van der Waals surface area contributed by atoms with Crippen LogP contribution < -0.4 is 15.6 Å². The number of benzene rings is 2. The van der Waals surface area contributed by atoms with Gasteiger partial charge in [0.25, 0.3) is 5.91 Å². The summed E-state index contributed by atoms with van der Waals surface area (Å²) in [7, 11) is 0. The number of ether oxygens (including phenoxy) is 1. The molecular formula is C21H22N4O3. The highest BCUT2D eigenvalue weighted by Crippen LogP contribution is 2.16. The first-order valence-electron chi connectivity index (χ1n) is 8.88. The maximum absolute atomic E-state index is 12.0. The zero-order valence-electron chi connectivity index (χ0n) is 15.8. The SMILES string of the molecule is Cc1ccc(OCC(=O)NNC(=O)Cc2cnn(-c3ccccc3)c2)cc1C. The van der Waals surface area contributed by atoms with Crippen LogP contribution in [0, 0.1) is 13.8 Å². The van der Waals surface area contributed by atoms with E-state index in [1.165, 1.54) is 0 Å². The Morgan fingerprint density at radius 3 is 2.50 bits per heavy atom. The molecule has 0 saturated carbocycles. The largest absolute Gasteiger partial charge is 0.484 e. The summed E-state index contributed by atoms with van der Waals surface area (Å²) < 4.78 is 7.12. The minimum absolute atomic E-state index is 0.102. The lowest BCUT2D eigenvalue weighted by Crippen LogP contribution is -2.44. The van der Waals surface area contributed by atoms with Crippen LogP contribution in [0.3, 0.4) is 0 Å². The number of amides is 2. The van der Waals surface area contributed by atoms with E-state index >= 15 is 0 Å². The van der Waals surface area contributed by atoms with Gasteiger partial charge < -0.3 is 4.74 Å². The number of hydrazine groups is 1. The van der Waals surface area contributed by atoms with Gasteiger partial charge in [-0.05, 0) is 54.8 Å². The zero-order chi connectivity index (χ0) is 19.9. The number of para-hydroxylation sites is 1. The molecule has 7 nitrogen and oxygen atoms in total. The lowest BCUT2D eigenvalue weighted by Gasteiger charge is -2.09. The van der Waals surface area contributed by atoms with Gasteiger partial charge in [0, 0.05) is 6.20 Å². The standard InChI is InChI=1S/C21H22N4O3/c1-15-8-9-19(10-16(15)2)28-14-21(27)24-23-20(26)11-17-12-22-25(13-17)18-6-4-3-5-7-18/h3-10,12-13H,11,14H2,1-2H3,(H,23,26)(H,24,27). The normalized spacial score (nSPS) is 10.4. The number of aryl methyl sites for hydroxylation is 2. The second kappa shape index (κ2) is 8.85. The summed E-state index contributed by atoms with van der Waals surface area (Å²) in [4.78, 5) is 23.9. The molecule has 144 valence electrons. The lowest BCUT2D eigenvalue weighted by atomic mass is 10.1. The van der Waals surface area contributed by atoms with Gasteiger partial charge >= 0.3 is 0 Å². The first-order chi connectivity index (χ1) is 13.5. The van der Waals surface area contributed by atoms with E-state index in [0.29, 0.717) is 5.75 Å². The van der Waals surface area contributed by atoms with E-state index in [2.05, 4.69) is 16.0 Å². The van der Waals surface area contributed by atoms with Crippen LogP contribution in [0.2, 0.25) is 0 Å². The molecule has 28 heavy (non-hydrogen) atoms. The van der Waals surface area contributed by atoms with Crippen molar-refractivity contribution in [2.75, 3.05) is 6.61 Å². The molecule has 2 amide bonds. The number of rotatable bonds is 6. The molecule has 2 N–H and O–H groups in total. The van der Waals surface area contributed by atoms with Crippen molar-refractivity contribution in [3.05, 3.63) is 77.6 Å². The third kappa shape index (κ3) is 5.20. The van der Waals surface area contributed by atoms with Crippen molar-refractivity contribution in [2.45, 2.75) is 20.3 Å². The minimum atomic E-state index is -0.438. The summed E-state index contributed by atoms with van der Waals surface area (Å²) in [6.45, 7) is 3.79. The number of carbonyl (C=O) groups is 2. The molecule has 3 rings (SSSR count). The first kappa shape index (κ1) is 19.2. The van der Waals surface area contributed by atoms with Crippen molar-refractivity contribution >= 4 is 11.8 Å². The Labute approximate surface area is 163 Å². The molecule has 0 fully saturated rings. The van der Waals surface area contributed by atoms with Crippen LogP contribution in [-0.2, 0) is 16.0 Å². The second-order valence-electron chi connectivity index (χ2n) is 6.44. The van der Waals surface area contributed by atoms with E-state index in [1.54, 1.807) is 23.1 Å². The third-order valence-corrected chi connectivity index (χ3v) is 4.21. The molecule has 0 bridgehead atoms. The van der Waals surface area contributed by atoms with E-state index in [4.69, 9.17) is 4.74 Å². The van der Waals surface area contributed by atoms with Gasteiger partial charge in [0.05, 0.1) is 18.3 Å². The zero-order valence-corrected chi connectivity index (χ0v) is 15.8. The average molecular weight is 378 g/mol. The number of hydrogen-bond donors (Lipinski definition) is 2. The van der Waals surface area contributed by atoms with Crippen molar-refractivity contribution in [1.29, 1.82) is 0 Å². The van der Waals surface area contributed by atoms with Crippen molar-refractivity contribution in [2.24, 2.45) is 0 Å². The topological polar surface area (TPSA) is 85.2 Å².